The predicted octanol–water partition coefficient (Wildman–Crippen LogP) is 0.515. The molecule has 110 valence electrons. The van der Waals surface area contributed by atoms with Crippen LogP contribution in [-0.4, -0.2) is 49.4 Å². The number of aliphatic hydroxyl groups is 1. The third kappa shape index (κ3) is 3.20. The van der Waals surface area contributed by atoms with Crippen LogP contribution in [0, 0.1) is 0 Å². The number of ether oxygens (including phenoxy) is 2. The minimum absolute atomic E-state index is 0.0251. The highest BCUT2D eigenvalue weighted by molar-refractivity contribution is 5.80. The molecule has 0 radical (unpaired) electrons. The molecule has 2 unspecified atom stereocenters. The highest BCUT2D eigenvalue weighted by Gasteiger charge is 2.19. The molecule has 2 rings (SSSR count). The molecule has 6 nitrogen and oxygen atoms in total. The molecular weight excluding hydrogens is 260 g/mol. The molecule has 1 heterocycles. The van der Waals surface area contributed by atoms with Crippen LogP contribution in [0.15, 0.2) is 18.2 Å². The van der Waals surface area contributed by atoms with E-state index in [1.54, 1.807) is 39.2 Å². The van der Waals surface area contributed by atoms with E-state index in [1.807, 2.05) is 0 Å². The maximum Gasteiger partial charge on any atom is 0.238 e. The van der Waals surface area contributed by atoms with Crippen molar-refractivity contribution in [3.8, 4) is 11.5 Å². The van der Waals surface area contributed by atoms with E-state index in [0.717, 1.165) is 5.56 Å². The maximum atomic E-state index is 11.7. The lowest BCUT2D eigenvalue weighted by atomic mass is 10.1. The van der Waals surface area contributed by atoms with Crippen LogP contribution in [0.3, 0.4) is 0 Å². The average Bonchev–Trinajstić information content (AvgIpc) is 2.90. The fourth-order valence-corrected chi connectivity index (χ4v) is 2.00. The van der Waals surface area contributed by atoms with Gasteiger partial charge >= 0.3 is 0 Å². The number of hydrogen-bond acceptors (Lipinski definition) is 5. The topological polar surface area (TPSA) is 71.0 Å². The molecular formula is C14H20N2O4. The zero-order valence-corrected chi connectivity index (χ0v) is 11.9. The van der Waals surface area contributed by atoms with Crippen molar-refractivity contribution in [2.75, 3.05) is 27.4 Å². The Morgan fingerprint density at radius 1 is 1.40 bits per heavy atom. The van der Waals surface area contributed by atoms with Gasteiger partial charge in [-0.1, -0.05) is 6.07 Å². The van der Waals surface area contributed by atoms with Crippen molar-refractivity contribution in [2.45, 2.75) is 19.1 Å². The van der Waals surface area contributed by atoms with Crippen LogP contribution in [0.2, 0.25) is 0 Å². The van der Waals surface area contributed by atoms with Crippen LogP contribution in [0.4, 0.5) is 0 Å². The Morgan fingerprint density at radius 3 is 2.80 bits per heavy atom. The molecule has 1 aromatic rings. The van der Waals surface area contributed by atoms with E-state index in [0.29, 0.717) is 18.0 Å². The fraction of sp³-hybridized carbons (Fsp3) is 0.500. The van der Waals surface area contributed by atoms with Crippen molar-refractivity contribution < 1.29 is 19.4 Å². The van der Waals surface area contributed by atoms with Crippen LogP contribution in [0.1, 0.15) is 18.6 Å². The fourth-order valence-electron chi connectivity index (χ4n) is 2.00. The summed E-state index contributed by atoms with van der Waals surface area (Å²) in [5.74, 6) is 1.30. The first-order chi connectivity index (χ1) is 9.49. The van der Waals surface area contributed by atoms with Gasteiger partial charge in [-0.3, -0.25) is 4.79 Å². The molecule has 1 aromatic carbocycles. The summed E-state index contributed by atoms with van der Waals surface area (Å²) < 4.78 is 10.5. The van der Waals surface area contributed by atoms with Gasteiger partial charge < -0.3 is 24.8 Å². The van der Waals surface area contributed by atoms with Crippen molar-refractivity contribution in [3.05, 3.63) is 23.8 Å². The van der Waals surface area contributed by atoms with Gasteiger partial charge in [0.25, 0.3) is 0 Å². The summed E-state index contributed by atoms with van der Waals surface area (Å²) in [5, 5.41) is 13.2. The van der Waals surface area contributed by atoms with E-state index in [1.165, 1.54) is 4.90 Å². The van der Waals surface area contributed by atoms with Crippen LogP contribution >= 0.6 is 0 Å². The number of carbonyl (C=O) groups excluding carboxylic acids is 1. The number of nitrogens with zero attached hydrogens (tertiary/aromatic N) is 1. The second-order valence-corrected chi connectivity index (χ2v) is 4.99. The van der Waals surface area contributed by atoms with E-state index < -0.39 is 6.10 Å². The van der Waals surface area contributed by atoms with Crippen LogP contribution in [0.25, 0.3) is 0 Å². The van der Waals surface area contributed by atoms with Gasteiger partial charge in [0.05, 0.1) is 12.1 Å². The third-order valence-electron chi connectivity index (χ3n) is 3.21. The zero-order chi connectivity index (χ0) is 14.7. The van der Waals surface area contributed by atoms with Crippen molar-refractivity contribution in [1.29, 1.82) is 0 Å². The Balaban J connectivity index is 1.92. The van der Waals surface area contributed by atoms with E-state index in [9.17, 15) is 9.90 Å². The first-order valence-corrected chi connectivity index (χ1v) is 6.51. The Hall–Kier alpha value is -1.79. The summed E-state index contributed by atoms with van der Waals surface area (Å²) in [7, 11) is 3.41. The van der Waals surface area contributed by atoms with Crippen molar-refractivity contribution in [2.24, 2.45) is 0 Å². The van der Waals surface area contributed by atoms with Crippen LogP contribution < -0.4 is 14.8 Å². The summed E-state index contributed by atoms with van der Waals surface area (Å²) in [4.78, 5) is 13.2. The Labute approximate surface area is 118 Å². The van der Waals surface area contributed by atoms with Crippen molar-refractivity contribution >= 4 is 5.91 Å². The number of benzene rings is 1. The monoisotopic (exact) mass is 280 g/mol. The van der Waals surface area contributed by atoms with Gasteiger partial charge in [-0.05, 0) is 24.6 Å². The molecule has 0 spiro atoms. The van der Waals surface area contributed by atoms with Gasteiger partial charge in [0.2, 0.25) is 12.7 Å². The zero-order valence-electron chi connectivity index (χ0n) is 11.9. The number of likely N-dealkylation sites (N-methyl/N-ethyl adjacent to an activating group) is 1. The van der Waals surface area contributed by atoms with Gasteiger partial charge in [0.15, 0.2) is 11.5 Å². The van der Waals surface area contributed by atoms with Crippen molar-refractivity contribution in [3.63, 3.8) is 0 Å². The lowest BCUT2D eigenvalue weighted by molar-refractivity contribution is -0.130. The minimum Gasteiger partial charge on any atom is -0.454 e. The first-order valence-electron chi connectivity index (χ1n) is 6.51. The molecule has 1 amide bonds. The first kappa shape index (κ1) is 14.6. The lowest BCUT2D eigenvalue weighted by Crippen LogP contribution is -2.42. The number of carbonyl (C=O) groups is 1. The number of nitrogens with one attached hydrogen (secondary N) is 1. The maximum absolute atomic E-state index is 11.7. The van der Waals surface area contributed by atoms with E-state index in [-0.39, 0.29) is 18.7 Å². The Bertz CT molecular complexity index is 490. The van der Waals surface area contributed by atoms with Gasteiger partial charge in [-0.15, -0.1) is 0 Å². The number of amides is 1. The number of hydrogen-bond donors (Lipinski definition) is 2. The van der Waals surface area contributed by atoms with Gasteiger partial charge in [-0.25, -0.2) is 0 Å². The molecule has 0 aromatic heterocycles. The average molecular weight is 280 g/mol. The number of aliphatic hydroxyl groups excluding tert-OH is 1. The molecule has 0 saturated heterocycles. The molecule has 1 aliphatic rings. The Morgan fingerprint density at radius 2 is 2.10 bits per heavy atom. The second-order valence-electron chi connectivity index (χ2n) is 4.99. The van der Waals surface area contributed by atoms with Crippen LogP contribution in [-0.2, 0) is 4.79 Å². The molecule has 1 aliphatic heterocycles. The smallest absolute Gasteiger partial charge is 0.238 e. The van der Waals surface area contributed by atoms with Gasteiger partial charge in [0, 0.05) is 20.6 Å². The molecule has 2 atom stereocenters. The third-order valence-corrected chi connectivity index (χ3v) is 3.21. The second kappa shape index (κ2) is 6.11. The van der Waals surface area contributed by atoms with Crippen molar-refractivity contribution in [1.82, 2.24) is 10.2 Å². The minimum atomic E-state index is -0.707. The molecule has 20 heavy (non-hydrogen) atoms. The van der Waals surface area contributed by atoms with Crippen LogP contribution in [0.5, 0.6) is 11.5 Å². The van der Waals surface area contributed by atoms with E-state index in [2.05, 4.69) is 5.32 Å². The normalized spacial score (nSPS) is 15.8. The van der Waals surface area contributed by atoms with Gasteiger partial charge in [-0.2, -0.15) is 0 Å². The quantitative estimate of drug-likeness (QED) is 0.822. The molecule has 0 bridgehead atoms. The summed E-state index contributed by atoms with van der Waals surface area (Å²) in [6.45, 7) is 2.27. The molecule has 0 fully saturated rings. The number of rotatable bonds is 5. The summed E-state index contributed by atoms with van der Waals surface area (Å²) in [5.41, 5.74) is 0.728. The highest BCUT2D eigenvalue weighted by Crippen LogP contribution is 2.34. The summed E-state index contributed by atoms with van der Waals surface area (Å²) in [6, 6.07) is 4.98. The SMILES string of the molecule is CC(NCC(O)c1ccc2c(c1)OCO2)C(=O)N(C)C. The van der Waals surface area contributed by atoms with E-state index >= 15 is 0 Å². The standard InChI is InChI=1S/C14H20N2O4/c1-9(14(18)16(2)3)15-7-11(17)10-4-5-12-13(6-10)20-8-19-12/h4-6,9,11,15,17H,7-8H2,1-3H3. The molecule has 0 saturated carbocycles. The predicted molar refractivity (Wildman–Crippen MR) is 73.7 cm³/mol. The van der Waals surface area contributed by atoms with Gasteiger partial charge in [0.1, 0.15) is 0 Å². The highest BCUT2D eigenvalue weighted by atomic mass is 16.7. The summed E-state index contributed by atoms with van der Waals surface area (Å²) in [6.07, 6.45) is -0.707. The lowest BCUT2D eigenvalue weighted by Gasteiger charge is -2.20. The molecule has 0 aliphatic carbocycles. The largest absolute Gasteiger partial charge is 0.454 e. The molecule has 2 N–H and O–H groups in total. The summed E-state index contributed by atoms with van der Waals surface area (Å²) >= 11 is 0. The van der Waals surface area contributed by atoms with E-state index in [4.69, 9.17) is 9.47 Å². The number of fused-ring (bicyclic) bond motifs is 1. The molecule has 6 heteroatoms. The Kier molecular flexibility index (Phi) is 4.46.